The van der Waals surface area contributed by atoms with E-state index in [0.717, 1.165) is 4.90 Å². The summed E-state index contributed by atoms with van der Waals surface area (Å²) in [6.07, 6.45) is 1.95. The summed E-state index contributed by atoms with van der Waals surface area (Å²) >= 11 is 0. The number of hydrogen-bond acceptors (Lipinski definition) is 8. The van der Waals surface area contributed by atoms with Gasteiger partial charge in [0.25, 0.3) is 11.6 Å². The van der Waals surface area contributed by atoms with Crippen LogP contribution in [0.25, 0.3) is 0 Å². The summed E-state index contributed by atoms with van der Waals surface area (Å²) < 4.78 is 9.67. The van der Waals surface area contributed by atoms with Gasteiger partial charge in [-0.3, -0.25) is 9.59 Å². The third-order valence-electron chi connectivity index (χ3n) is 4.82. The molecule has 28 heavy (non-hydrogen) atoms. The van der Waals surface area contributed by atoms with Crippen LogP contribution in [0, 0.1) is 5.92 Å². The zero-order valence-corrected chi connectivity index (χ0v) is 15.7. The van der Waals surface area contributed by atoms with Gasteiger partial charge in [0, 0.05) is 30.6 Å². The summed E-state index contributed by atoms with van der Waals surface area (Å²) in [6, 6.07) is 4.65. The van der Waals surface area contributed by atoms with Gasteiger partial charge in [0.2, 0.25) is 0 Å². The van der Waals surface area contributed by atoms with Crippen molar-refractivity contribution < 1.29 is 28.7 Å². The summed E-state index contributed by atoms with van der Waals surface area (Å²) in [5.74, 6) is -2.62. The van der Waals surface area contributed by atoms with Gasteiger partial charge in [-0.25, -0.2) is 24.5 Å². The minimum absolute atomic E-state index is 0.0680. The molecule has 1 aliphatic carbocycles. The van der Waals surface area contributed by atoms with E-state index in [1.165, 1.54) is 32.7 Å². The molecular formula is C19H19N3O6. The molecular weight excluding hydrogens is 366 g/mol. The fourth-order valence-corrected chi connectivity index (χ4v) is 3.44. The van der Waals surface area contributed by atoms with Gasteiger partial charge in [0.05, 0.1) is 19.6 Å². The second-order valence-electron chi connectivity index (χ2n) is 6.29. The number of nitrogens with zero attached hydrogens (tertiary/aromatic N) is 3. The Bertz CT molecular complexity index is 908. The van der Waals surface area contributed by atoms with Crippen LogP contribution in [0.15, 0.2) is 28.2 Å². The van der Waals surface area contributed by atoms with Crippen LogP contribution < -0.4 is 0 Å². The van der Waals surface area contributed by atoms with Crippen LogP contribution in [0.4, 0.5) is 4.79 Å². The van der Waals surface area contributed by atoms with Crippen LogP contribution in [0.2, 0.25) is 0 Å². The van der Waals surface area contributed by atoms with Gasteiger partial charge in [0.15, 0.2) is 5.78 Å². The van der Waals surface area contributed by atoms with Gasteiger partial charge < -0.3 is 9.47 Å². The maximum absolute atomic E-state index is 13.1. The van der Waals surface area contributed by atoms with E-state index in [0.29, 0.717) is 11.1 Å². The van der Waals surface area contributed by atoms with Gasteiger partial charge >= 0.3 is 12.1 Å². The number of fused-ring (bicyclic) bond motifs is 1. The number of esters is 1. The number of methoxy groups -OCH3 is 1. The number of amides is 2. The quantitative estimate of drug-likeness (QED) is 0.722. The van der Waals surface area contributed by atoms with Crippen molar-refractivity contribution in [2.45, 2.75) is 19.0 Å². The summed E-state index contributed by atoms with van der Waals surface area (Å²) in [5.41, 5.74) is -0.763. The summed E-state index contributed by atoms with van der Waals surface area (Å²) in [7, 11) is 2.45. The highest BCUT2D eigenvalue weighted by atomic mass is 16.5. The van der Waals surface area contributed by atoms with Crippen LogP contribution in [-0.4, -0.2) is 67.5 Å². The van der Waals surface area contributed by atoms with E-state index in [1.54, 1.807) is 19.1 Å². The van der Waals surface area contributed by atoms with Crippen molar-refractivity contribution in [3.63, 3.8) is 0 Å². The van der Waals surface area contributed by atoms with E-state index >= 15 is 0 Å². The summed E-state index contributed by atoms with van der Waals surface area (Å²) in [4.78, 5) is 59.1. The highest BCUT2D eigenvalue weighted by Gasteiger charge is 2.54. The number of carbonyl (C=O) groups is 4. The smallest absolute Gasteiger partial charge is 0.416 e. The molecule has 1 atom stereocenters. The van der Waals surface area contributed by atoms with E-state index in [4.69, 9.17) is 4.74 Å². The first-order valence-electron chi connectivity index (χ1n) is 8.65. The normalized spacial score (nSPS) is 18.7. The maximum atomic E-state index is 13.1. The van der Waals surface area contributed by atoms with E-state index in [1.807, 2.05) is 0 Å². The molecule has 1 aromatic rings. The molecule has 1 aliphatic heterocycles. The van der Waals surface area contributed by atoms with Crippen LogP contribution in [-0.2, 0) is 20.7 Å². The largest absolute Gasteiger partial charge is 0.463 e. The highest BCUT2D eigenvalue weighted by molar-refractivity contribution is 6.20. The minimum Gasteiger partial charge on any atom is -0.463 e. The molecule has 0 bridgehead atoms. The first kappa shape index (κ1) is 19.4. The predicted molar refractivity (Wildman–Crippen MR) is 98.8 cm³/mol. The van der Waals surface area contributed by atoms with Gasteiger partial charge in [0.1, 0.15) is 0 Å². The topological polar surface area (TPSA) is 115 Å². The Balaban J connectivity index is 2.01. The Hall–Kier alpha value is -3.36. The molecule has 0 radical (unpaired) electrons. The third-order valence-corrected chi connectivity index (χ3v) is 4.82. The number of ketones is 1. The standard InChI is InChI=1S/C19H19N3O6/c1-4-28-17(25)19(20-8-9-21-19)14-10-13-11(15(14)23)6-5-7-12(13)16(24)22(2)18(26)27-3/h5-9,14H,4,10H2,1-3H3. The van der Waals surface area contributed by atoms with Gasteiger partial charge in [-0.15, -0.1) is 0 Å². The molecule has 0 saturated heterocycles. The monoisotopic (exact) mass is 385 g/mol. The molecule has 0 spiro atoms. The van der Waals surface area contributed by atoms with Gasteiger partial charge in [-0.1, -0.05) is 12.1 Å². The molecule has 3 rings (SSSR count). The van der Waals surface area contributed by atoms with Gasteiger partial charge in [-0.05, 0) is 25.0 Å². The number of benzene rings is 1. The van der Waals surface area contributed by atoms with Crippen molar-refractivity contribution in [1.29, 1.82) is 0 Å². The Morgan fingerprint density at radius 1 is 1.25 bits per heavy atom. The molecule has 1 aromatic carbocycles. The van der Waals surface area contributed by atoms with Crippen molar-refractivity contribution in [1.82, 2.24) is 4.90 Å². The Labute approximate surface area is 161 Å². The summed E-state index contributed by atoms with van der Waals surface area (Å²) in [5, 5.41) is 0. The van der Waals surface area contributed by atoms with Crippen LogP contribution in [0.3, 0.4) is 0 Å². The minimum atomic E-state index is -1.69. The molecule has 146 valence electrons. The second-order valence-corrected chi connectivity index (χ2v) is 6.29. The lowest BCUT2D eigenvalue weighted by Crippen LogP contribution is -2.45. The molecule has 1 heterocycles. The average molecular weight is 385 g/mol. The lowest BCUT2D eigenvalue weighted by Gasteiger charge is -2.26. The second kappa shape index (κ2) is 7.34. The zero-order chi connectivity index (χ0) is 20.5. The van der Waals surface area contributed by atoms with E-state index in [2.05, 4.69) is 14.7 Å². The first-order chi connectivity index (χ1) is 13.4. The zero-order valence-electron chi connectivity index (χ0n) is 15.7. The molecule has 2 amide bonds. The summed E-state index contributed by atoms with van der Waals surface area (Å²) in [6.45, 7) is 1.77. The number of ether oxygens (including phenoxy) is 2. The molecule has 0 N–H and O–H groups in total. The number of Topliss-reactive ketones (excluding diaryl/α,β-unsaturated/α-hetero) is 1. The Kier molecular flexibility index (Phi) is 5.08. The Morgan fingerprint density at radius 2 is 1.93 bits per heavy atom. The van der Waals surface area contributed by atoms with Crippen molar-refractivity contribution >= 4 is 36.2 Å². The number of hydrogen-bond donors (Lipinski definition) is 0. The molecule has 9 nitrogen and oxygen atoms in total. The average Bonchev–Trinajstić information content (AvgIpc) is 3.32. The first-order valence-corrected chi connectivity index (χ1v) is 8.65. The third kappa shape index (κ3) is 2.88. The SMILES string of the molecule is CCOC(=O)C1(C2Cc3c(cccc3C(=O)N(C)C(=O)OC)C2=O)N=CC=N1. The van der Waals surface area contributed by atoms with Crippen molar-refractivity contribution in [3.8, 4) is 0 Å². The predicted octanol–water partition coefficient (Wildman–Crippen LogP) is 1.29. The highest BCUT2D eigenvalue weighted by Crippen LogP contribution is 2.40. The molecule has 2 aliphatic rings. The molecule has 1 unspecified atom stereocenters. The molecule has 9 heteroatoms. The van der Waals surface area contributed by atoms with Crippen molar-refractivity contribution in [2.75, 3.05) is 20.8 Å². The number of aliphatic imine (C=N–C) groups is 2. The number of carbonyl (C=O) groups excluding carboxylic acids is 4. The van der Waals surface area contributed by atoms with E-state index < -0.39 is 29.6 Å². The van der Waals surface area contributed by atoms with Gasteiger partial charge in [-0.2, -0.15) is 0 Å². The van der Waals surface area contributed by atoms with E-state index in [9.17, 15) is 19.2 Å². The lowest BCUT2D eigenvalue weighted by molar-refractivity contribution is -0.150. The Morgan fingerprint density at radius 3 is 2.54 bits per heavy atom. The van der Waals surface area contributed by atoms with Crippen LogP contribution >= 0.6 is 0 Å². The van der Waals surface area contributed by atoms with Crippen LogP contribution in [0.1, 0.15) is 33.2 Å². The van der Waals surface area contributed by atoms with Crippen molar-refractivity contribution in [3.05, 3.63) is 34.9 Å². The lowest BCUT2D eigenvalue weighted by atomic mass is 9.89. The number of imide groups is 1. The fourth-order valence-electron chi connectivity index (χ4n) is 3.44. The van der Waals surface area contributed by atoms with Crippen molar-refractivity contribution in [2.24, 2.45) is 15.9 Å². The maximum Gasteiger partial charge on any atom is 0.416 e. The van der Waals surface area contributed by atoms with E-state index in [-0.39, 0.29) is 24.4 Å². The van der Waals surface area contributed by atoms with Crippen LogP contribution in [0.5, 0.6) is 0 Å². The fraction of sp³-hybridized carbons (Fsp3) is 0.368. The molecule has 0 fully saturated rings. The number of rotatable bonds is 4. The molecule has 0 aromatic heterocycles. The molecule has 0 saturated carbocycles.